The third-order valence-electron chi connectivity index (χ3n) is 4.28. The Hall–Kier alpha value is -2.34. The Morgan fingerprint density at radius 1 is 1.29 bits per heavy atom. The standard InChI is InChI=1S/C18H21FN4O/c1-2-16-21-10-12(11-22-16)9-20-15-7-8-17(24)23-18(15)13-5-3-4-6-14(13)19/h3-6,10-11,15,18,20H,2,7-9H2,1H3,(H,23,24)/t15-,18+/m1/s1. The summed E-state index contributed by atoms with van der Waals surface area (Å²) in [6, 6.07) is 6.17. The zero-order valence-electron chi connectivity index (χ0n) is 13.6. The van der Waals surface area contributed by atoms with Crippen LogP contribution in [0, 0.1) is 5.82 Å². The Labute approximate surface area is 140 Å². The van der Waals surface area contributed by atoms with Crippen LogP contribution in [0.15, 0.2) is 36.7 Å². The van der Waals surface area contributed by atoms with Crippen LogP contribution in [0.2, 0.25) is 0 Å². The number of aromatic nitrogens is 2. The average Bonchev–Trinajstić information content (AvgIpc) is 2.61. The van der Waals surface area contributed by atoms with Gasteiger partial charge < -0.3 is 10.6 Å². The highest BCUT2D eigenvalue weighted by Crippen LogP contribution is 2.26. The number of benzene rings is 1. The normalized spacial score (nSPS) is 20.7. The van der Waals surface area contributed by atoms with Crippen molar-refractivity contribution >= 4 is 5.91 Å². The first-order chi connectivity index (χ1) is 11.7. The number of rotatable bonds is 5. The second-order valence-electron chi connectivity index (χ2n) is 5.95. The van der Waals surface area contributed by atoms with Crippen molar-refractivity contribution in [1.29, 1.82) is 0 Å². The van der Waals surface area contributed by atoms with E-state index in [1.807, 2.05) is 6.92 Å². The number of hydrogen-bond acceptors (Lipinski definition) is 4. The van der Waals surface area contributed by atoms with E-state index in [1.54, 1.807) is 30.6 Å². The zero-order valence-corrected chi connectivity index (χ0v) is 13.6. The molecule has 0 radical (unpaired) electrons. The molecule has 1 saturated heterocycles. The summed E-state index contributed by atoms with van der Waals surface area (Å²) in [4.78, 5) is 20.3. The molecular formula is C18H21FN4O. The van der Waals surface area contributed by atoms with E-state index in [2.05, 4.69) is 20.6 Å². The molecule has 2 aromatic rings. The highest BCUT2D eigenvalue weighted by atomic mass is 19.1. The van der Waals surface area contributed by atoms with Gasteiger partial charge in [0, 0.05) is 48.9 Å². The average molecular weight is 328 g/mol. The molecule has 2 atom stereocenters. The summed E-state index contributed by atoms with van der Waals surface area (Å²) in [6.07, 6.45) is 5.51. The molecule has 0 unspecified atom stereocenters. The number of aryl methyl sites for hydroxylation is 1. The second kappa shape index (κ2) is 7.49. The minimum Gasteiger partial charge on any atom is -0.348 e. The van der Waals surface area contributed by atoms with Gasteiger partial charge in [0.1, 0.15) is 11.6 Å². The maximum Gasteiger partial charge on any atom is 0.220 e. The van der Waals surface area contributed by atoms with Gasteiger partial charge in [0.15, 0.2) is 0 Å². The molecule has 2 heterocycles. The highest BCUT2D eigenvalue weighted by molar-refractivity contribution is 5.77. The molecule has 1 fully saturated rings. The van der Waals surface area contributed by atoms with Gasteiger partial charge in [-0.15, -0.1) is 0 Å². The molecule has 5 nitrogen and oxygen atoms in total. The number of piperidine rings is 1. The maximum atomic E-state index is 14.1. The number of nitrogens with one attached hydrogen (secondary N) is 2. The van der Waals surface area contributed by atoms with Crippen molar-refractivity contribution < 1.29 is 9.18 Å². The van der Waals surface area contributed by atoms with Crippen LogP contribution in [0.5, 0.6) is 0 Å². The number of halogens is 1. The molecule has 2 N–H and O–H groups in total. The van der Waals surface area contributed by atoms with E-state index >= 15 is 0 Å². The molecule has 0 bridgehead atoms. The van der Waals surface area contributed by atoms with Crippen LogP contribution in [0.25, 0.3) is 0 Å². The lowest BCUT2D eigenvalue weighted by Gasteiger charge is -2.33. The molecule has 3 rings (SSSR count). The molecule has 1 aromatic carbocycles. The molecule has 1 amide bonds. The largest absolute Gasteiger partial charge is 0.348 e. The van der Waals surface area contributed by atoms with Crippen molar-refractivity contribution in [3.63, 3.8) is 0 Å². The lowest BCUT2D eigenvalue weighted by atomic mass is 9.91. The molecular weight excluding hydrogens is 307 g/mol. The van der Waals surface area contributed by atoms with Crippen LogP contribution in [0.1, 0.15) is 42.8 Å². The minimum absolute atomic E-state index is 0.0366. The number of nitrogens with zero attached hydrogens (tertiary/aromatic N) is 2. The lowest BCUT2D eigenvalue weighted by molar-refractivity contribution is -0.123. The van der Waals surface area contributed by atoms with Gasteiger partial charge in [0.2, 0.25) is 5.91 Å². The Morgan fingerprint density at radius 3 is 2.75 bits per heavy atom. The van der Waals surface area contributed by atoms with Gasteiger partial charge in [-0.05, 0) is 12.5 Å². The quantitative estimate of drug-likeness (QED) is 0.884. The zero-order chi connectivity index (χ0) is 16.9. The van der Waals surface area contributed by atoms with Gasteiger partial charge in [-0.2, -0.15) is 0 Å². The van der Waals surface area contributed by atoms with Crippen LogP contribution < -0.4 is 10.6 Å². The predicted molar refractivity (Wildman–Crippen MR) is 88.6 cm³/mol. The fraction of sp³-hybridized carbons (Fsp3) is 0.389. The number of amides is 1. The summed E-state index contributed by atoms with van der Waals surface area (Å²) < 4.78 is 14.1. The van der Waals surface area contributed by atoms with Crippen LogP contribution in [-0.2, 0) is 17.8 Å². The van der Waals surface area contributed by atoms with Crippen molar-refractivity contribution in [2.45, 2.75) is 44.8 Å². The van der Waals surface area contributed by atoms with E-state index in [4.69, 9.17) is 0 Å². The van der Waals surface area contributed by atoms with Gasteiger partial charge >= 0.3 is 0 Å². The summed E-state index contributed by atoms with van der Waals surface area (Å²) >= 11 is 0. The predicted octanol–water partition coefficient (Wildman–Crippen LogP) is 2.29. The monoisotopic (exact) mass is 328 g/mol. The Balaban J connectivity index is 1.72. The van der Waals surface area contributed by atoms with Gasteiger partial charge in [0.25, 0.3) is 0 Å². The third kappa shape index (κ3) is 3.76. The molecule has 0 aliphatic carbocycles. The summed E-state index contributed by atoms with van der Waals surface area (Å²) in [7, 11) is 0. The van der Waals surface area contributed by atoms with Crippen LogP contribution in [-0.4, -0.2) is 21.9 Å². The highest BCUT2D eigenvalue weighted by Gasteiger charge is 2.31. The Morgan fingerprint density at radius 2 is 2.04 bits per heavy atom. The summed E-state index contributed by atoms with van der Waals surface area (Å²) in [5.74, 6) is 0.469. The molecule has 0 saturated carbocycles. The SMILES string of the molecule is CCc1ncc(CN[C@@H]2CCC(=O)N[C@H]2c2ccccc2F)cn1. The first-order valence-corrected chi connectivity index (χ1v) is 8.24. The Kier molecular flexibility index (Phi) is 5.15. The van der Waals surface area contributed by atoms with Crippen molar-refractivity contribution in [1.82, 2.24) is 20.6 Å². The molecule has 24 heavy (non-hydrogen) atoms. The van der Waals surface area contributed by atoms with E-state index < -0.39 is 0 Å². The van der Waals surface area contributed by atoms with Gasteiger partial charge in [0.05, 0.1) is 6.04 Å². The summed E-state index contributed by atoms with van der Waals surface area (Å²) in [5, 5.41) is 6.32. The molecule has 126 valence electrons. The third-order valence-corrected chi connectivity index (χ3v) is 4.28. The Bertz CT molecular complexity index is 704. The van der Waals surface area contributed by atoms with Crippen LogP contribution >= 0.6 is 0 Å². The number of hydrogen-bond donors (Lipinski definition) is 2. The van der Waals surface area contributed by atoms with E-state index in [0.29, 0.717) is 24.9 Å². The van der Waals surface area contributed by atoms with E-state index in [0.717, 1.165) is 17.8 Å². The lowest BCUT2D eigenvalue weighted by Crippen LogP contribution is -2.48. The fourth-order valence-corrected chi connectivity index (χ4v) is 2.95. The van der Waals surface area contributed by atoms with E-state index in [9.17, 15) is 9.18 Å². The van der Waals surface area contributed by atoms with E-state index in [1.165, 1.54) is 6.07 Å². The van der Waals surface area contributed by atoms with Crippen molar-refractivity contribution in [2.75, 3.05) is 0 Å². The van der Waals surface area contributed by atoms with Gasteiger partial charge in [-0.25, -0.2) is 14.4 Å². The molecule has 1 aromatic heterocycles. The minimum atomic E-state index is -0.372. The summed E-state index contributed by atoms with van der Waals surface area (Å²) in [6.45, 7) is 2.59. The van der Waals surface area contributed by atoms with E-state index in [-0.39, 0.29) is 23.8 Å². The molecule has 1 aliphatic rings. The first-order valence-electron chi connectivity index (χ1n) is 8.24. The number of carbonyl (C=O) groups is 1. The topological polar surface area (TPSA) is 66.9 Å². The maximum absolute atomic E-state index is 14.1. The molecule has 0 spiro atoms. The van der Waals surface area contributed by atoms with Crippen molar-refractivity contribution in [2.24, 2.45) is 0 Å². The first kappa shape index (κ1) is 16.5. The number of carbonyl (C=O) groups excluding carboxylic acids is 1. The van der Waals surface area contributed by atoms with Crippen molar-refractivity contribution in [3.8, 4) is 0 Å². The molecule has 6 heteroatoms. The fourth-order valence-electron chi connectivity index (χ4n) is 2.95. The van der Waals surface area contributed by atoms with Crippen LogP contribution in [0.3, 0.4) is 0 Å². The van der Waals surface area contributed by atoms with Gasteiger partial charge in [-0.1, -0.05) is 25.1 Å². The second-order valence-corrected chi connectivity index (χ2v) is 5.95. The summed E-state index contributed by atoms with van der Waals surface area (Å²) in [5.41, 5.74) is 1.48. The van der Waals surface area contributed by atoms with Crippen molar-refractivity contribution in [3.05, 3.63) is 59.4 Å². The van der Waals surface area contributed by atoms with Crippen LogP contribution in [0.4, 0.5) is 4.39 Å². The smallest absolute Gasteiger partial charge is 0.220 e. The van der Waals surface area contributed by atoms with Gasteiger partial charge in [-0.3, -0.25) is 4.79 Å². The molecule has 1 aliphatic heterocycles.